The average Bonchev–Trinajstić information content (AvgIpc) is 3.16. The average molecular weight is 381 g/mol. The number of carbonyl (C=O) groups is 1. The van der Waals surface area contributed by atoms with Crippen molar-refractivity contribution in [2.75, 3.05) is 10.6 Å². The van der Waals surface area contributed by atoms with Crippen LogP contribution in [0.4, 0.5) is 26.5 Å². The number of halogens is 1. The van der Waals surface area contributed by atoms with Crippen LogP contribution in [0.5, 0.6) is 0 Å². The van der Waals surface area contributed by atoms with Crippen LogP contribution in [-0.4, -0.2) is 31.0 Å². The monoisotopic (exact) mass is 381 g/mol. The molecule has 0 saturated carbocycles. The fourth-order valence-electron chi connectivity index (χ4n) is 2.16. The van der Waals surface area contributed by atoms with E-state index in [0.717, 1.165) is 0 Å². The number of nitrogens with one attached hydrogen (secondary N) is 3. The number of hydrogen-bond acceptors (Lipinski definition) is 6. The lowest BCUT2D eigenvalue weighted by Crippen LogP contribution is -2.25. The van der Waals surface area contributed by atoms with Gasteiger partial charge < -0.3 is 10.6 Å². The molecule has 2 amide bonds. The van der Waals surface area contributed by atoms with Gasteiger partial charge in [0.15, 0.2) is 6.30 Å². The Hall–Kier alpha value is -3.97. The Morgan fingerprint density at radius 2 is 1.93 bits per heavy atom. The minimum absolute atomic E-state index is 0.331. The molecule has 0 spiro atoms. The molecular weight excluding hydrogens is 365 g/mol. The quantitative estimate of drug-likeness (QED) is 0.314. The zero-order valence-corrected chi connectivity index (χ0v) is 14.7. The molecule has 2 heterocycles. The van der Waals surface area contributed by atoms with Crippen LogP contribution in [-0.2, 0) is 0 Å². The van der Waals surface area contributed by atoms with Crippen molar-refractivity contribution in [3.05, 3.63) is 60.2 Å². The summed E-state index contributed by atoms with van der Waals surface area (Å²) < 4.78 is 14.3. The van der Waals surface area contributed by atoms with Gasteiger partial charge in [-0.15, -0.1) is 0 Å². The number of amides is 2. The second-order valence-electron chi connectivity index (χ2n) is 5.60. The maximum absolute atomic E-state index is 13.2. The fraction of sp³-hybridized carbons (Fsp3) is 0.111. The molecular formula is C18H16FN7O2. The number of anilines is 3. The van der Waals surface area contributed by atoms with Gasteiger partial charge in [-0.2, -0.15) is 5.10 Å². The third kappa shape index (κ3) is 5.03. The summed E-state index contributed by atoms with van der Waals surface area (Å²) in [5.41, 5.74) is 3.79. The number of rotatable bonds is 4. The highest BCUT2D eigenvalue weighted by molar-refractivity contribution is 5.88. The van der Waals surface area contributed by atoms with Crippen molar-refractivity contribution >= 4 is 23.4 Å². The second kappa shape index (κ2) is 8.61. The summed E-state index contributed by atoms with van der Waals surface area (Å²) in [5.74, 6) is 6.19. The highest BCUT2D eigenvalue weighted by Crippen LogP contribution is 2.15. The molecule has 1 atom stereocenters. The maximum atomic E-state index is 13.2. The molecule has 0 aliphatic carbocycles. The number of urea groups is 1. The summed E-state index contributed by atoms with van der Waals surface area (Å²) >= 11 is 0. The predicted molar refractivity (Wildman–Crippen MR) is 99.7 cm³/mol. The minimum Gasteiger partial charge on any atom is -0.321 e. The molecule has 0 fully saturated rings. The van der Waals surface area contributed by atoms with E-state index in [2.05, 4.69) is 37.5 Å². The Balaban J connectivity index is 1.66. The van der Waals surface area contributed by atoms with Crippen molar-refractivity contribution in [3.63, 3.8) is 0 Å². The zero-order valence-electron chi connectivity index (χ0n) is 14.7. The van der Waals surface area contributed by atoms with E-state index in [1.807, 2.05) is 0 Å². The Bertz CT molecular complexity index is 1020. The molecule has 0 aliphatic heterocycles. The van der Waals surface area contributed by atoms with E-state index in [9.17, 15) is 9.18 Å². The number of carbonyl (C=O) groups excluding carboxylic acids is 1. The first-order chi connectivity index (χ1) is 13.5. The van der Waals surface area contributed by atoms with Gasteiger partial charge >= 0.3 is 6.03 Å². The summed E-state index contributed by atoms with van der Waals surface area (Å²) in [6, 6.07) is 6.07. The van der Waals surface area contributed by atoms with Crippen molar-refractivity contribution in [1.82, 2.24) is 25.2 Å². The number of benzene rings is 1. The third-order valence-corrected chi connectivity index (χ3v) is 3.45. The number of nitrogens with zero attached hydrogens (tertiary/aromatic N) is 4. The highest BCUT2D eigenvalue weighted by atomic mass is 19.1. The normalized spacial score (nSPS) is 11.1. The van der Waals surface area contributed by atoms with Crippen molar-refractivity contribution < 1.29 is 14.4 Å². The largest absolute Gasteiger partial charge is 0.342 e. The van der Waals surface area contributed by atoms with Gasteiger partial charge in [0, 0.05) is 23.6 Å². The minimum atomic E-state index is -1.22. The van der Waals surface area contributed by atoms with Crippen LogP contribution >= 0.6 is 0 Å². The number of hydroxylamine groups is 1. The van der Waals surface area contributed by atoms with Gasteiger partial charge in [-0.25, -0.2) is 29.3 Å². The summed E-state index contributed by atoms with van der Waals surface area (Å²) in [4.78, 5) is 19.4. The lowest BCUT2D eigenvalue weighted by atomic mass is 10.2. The second-order valence-corrected chi connectivity index (χ2v) is 5.60. The zero-order chi connectivity index (χ0) is 19.9. The van der Waals surface area contributed by atoms with Gasteiger partial charge in [0.2, 0.25) is 5.95 Å². The maximum Gasteiger partial charge on any atom is 0.342 e. The topological polar surface area (TPSA) is 117 Å². The first-order valence-electron chi connectivity index (χ1n) is 8.14. The van der Waals surface area contributed by atoms with E-state index in [1.54, 1.807) is 36.7 Å². The van der Waals surface area contributed by atoms with E-state index in [1.165, 1.54) is 29.5 Å². The van der Waals surface area contributed by atoms with Gasteiger partial charge in [0.05, 0.1) is 23.6 Å². The summed E-state index contributed by atoms with van der Waals surface area (Å²) in [6.07, 6.45) is 4.86. The third-order valence-electron chi connectivity index (χ3n) is 3.45. The Labute approximate surface area is 159 Å². The van der Waals surface area contributed by atoms with Crippen molar-refractivity contribution in [2.45, 2.75) is 13.2 Å². The molecule has 0 aliphatic rings. The molecule has 3 aromatic rings. The SMILES string of the molecule is CC(F)n1cc(Nc2ncc(C#Cc3cccc(NC(=O)NO)c3)cn2)cn1. The lowest BCUT2D eigenvalue weighted by molar-refractivity contribution is 0.172. The summed E-state index contributed by atoms with van der Waals surface area (Å²) in [7, 11) is 0. The molecule has 2 aromatic heterocycles. The number of aromatic nitrogens is 4. The molecule has 10 heteroatoms. The molecule has 9 nitrogen and oxygen atoms in total. The van der Waals surface area contributed by atoms with Crippen LogP contribution in [0.15, 0.2) is 49.1 Å². The summed E-state index contributed by atoms with van der Waals surface area (Å²) in [5, 5.41) is 17.8. The van der Waals surface area contributed by atoms with Gasteiger partial charge in [-0.3, -0.25) is 5.21 Å². The molecule has 3 rings (SSSR count). The highest BCUT2D eigenvalue weighted by Gasteiger charge is 2.05. The molecule has 0 saturated heterocycles. The van der Waals surface area contributed by atoms with Crippen LogP contribution < -0.4 is 16.1 Å². The van der Waals surface area contributed by atoms with Gasteiger partial charge in [0.25, 0.3) is 0 Å². The van der Waals surface area contributed by atoms with Gasteiger partial charge in [-0.1, -0.05) is 17.9 Å². The molecule has 1 aromatic carbocycles. The van der Waals surface area contributed by atoms with Crippen molar-refractivity contribution in [3.8, 4) is 11.8 Å². The molecule has 0 radical (unpaired) electrons. The van der Waals surface area contributed by atoms with Gasteiger partial charge in [0.1, 0.15) is 0 Å². The molecule has 1 unspecified atom stereocenters. The number of hydrogen-bond donors (Lipinski definition) is 4. The number of alkyl halides is 1. The standard InChI is InChI=1S/C18H16FN7O2/c1-12(19)26-11-16(10-22-26)23-17-20-8-14(9-21-17)6-5-13-3-2-4-15(7-13)24-18(27)25-28/h2-4,7-12,28H,1H3,(H,20,21,23)(H2,24,25,27). The van der Waals surface area contributed by atoms with Crippen LogP contribution in [0.1, 0.15) is 24.3 Å². The molecule has 4 N–H and O–H groups in total. The first-order valence-corrected chi connectivity index (χ1v) is 8.14. The predicted octanol–water partition coefficient (Wildman–Crippen LogP) is 2.82. The molecule has 28 heavy (non-hydrogen) atoms. The Morgan fingerprint density at radius 3 is 2.61 bits per heavy atom. The van der Waals surface area contributed by atoms with Crippen LogP contribution in [0.3, 0.4) is 0 Å². The molecule has 0 bridgehead atoms. The van der Waals surface area contributed by atoms with Crippen molar-refractivity contribution in [2.24, 2.45) is 0 Å². The van der Waals surface area contributed by atoms with Gasteiger partial charge in [-0.05, 0) is 25.1 Å². The van der Waals surface area contributed by atoms with Crippen molar-refractivity contribution in [1.29, 1.82) is 0 Å². The van der Waals surface area contributed by atoms with Crippen LogP contribution in [0.25, 0.3) is 0 Å². The van der Waals surface area contributed by atoms with E-state index in [4.69, 9.17) is 5.21 Å². The molecule has 142 valence electrons. The van der Waals surface area contributed by atoms with Crippen LogP contribution in [0, 0.1) is 11.8 Å². The smallest absolute Gasteiger partial charge is 0.321 e. The van der Waals surface area contributed by atoms with E-state index in [0.29, 0.717) is 28.5 Å². The van der Waals surface area contributed by atoms with Crippen LogP contribution in [0.2, 0.25) is 0 Å². The van der Waals surface area contributed by atoms with E-state index < -0.39 is 12.3 Å². The Kier molecular flexibility index (Phi) is 5.78. The van der Waals surface area contributed by atoms with E-state index in [-0.39, 0.29) is 0 Å². The van der Waals surface area contributed by atoms with E-state index >= 15 is 0 Å². The first kappa shape index (κ1) is 18.8. The summed E-state index contributed by atoms with van der Waals surface area (Å²) in [6.45, 7) is 1.38. The lowest BCUT2D eigenvalue weighted by Gasteiger charge is -2.03. The Morgan fingerprint density at radius 1 is 1.18 bits per heavy atom. The fourth-order valence-corrected chi connectivity index (χ4v) is 2.16.